The van der Waals surface area contributed by atoms with Crippen LogP contribution in [0.25, 0.3) is 11.1 Å². The van der Waals surface area contributed by atoms with Crippen LogP contribution < -0.4 is 11.3 Å². The number of pyridine rings is 1. The van der Waals surface area contributed by atoms with Crippen LogP contribution in [0.2, 0.25) is 0 Å². The number of nitrogen functional groups attached to an aromatic ring is 1. The Kier molecular flexibility index (Phi) is 2.52. The fourth-order valence-electron chi connectivity index (χ4n) is 1.71. The summed E-state index contributed by atoms with van der Waals surface area (Å²) in [5.74, 6) is 0.478. The first-order valence-corrected chi connectivity index (χ1v) is 5.12. The second kappa shape index (κ2) is 3.85. The molecule has 0 unspecified atom stereocenters. The third-order valence-electron chi connectivity index (χ3n) is 2.76. The fourth-order valence-corrected chi connectivity index (χ4v) is 1.71. The van der Waals surface area contributed by atoms with Gasteiger partial charge in [0.05, 0.1) is 0 Å². The van der Waals surface area contributed by atoms with Gasteiger partial charge in [0.1, 0.15) is 5.82 Å². The van der Waals surface area contributed by atoms with E-state index in [0.29, 0.717) is 5.82 Å². The van der Waals surface area contributed by atoms with Crippen molar-refractivity contribution in [3.05, 3.63) is 52.3 Å². The Bertz CT molecular complexity index is 585. The summed E-state index contributed by atoms with van der Waals surface area (Å²) in [5, 5.41) is 0. The van der Waals surface area contributed by atoms with Crippen LogP contribution in [0.4, 0.5) is 5.82 Å². The Morgan fingerprint density at radius 2 is 1.88 bits per heavy atom. The molecule has 1 aromatic carbocycles. The molecule has 82 valence electrons. The lowest BCUT2D eigenvalue weighted by Crippen LogP contribution is -2.18. The van der Waals surface area contributed by atoms with Gasteiger partial charge in [-0.15, -0.1) is 0 Å². The molecule has 0 saturated heterocycles. The Morgan fingerprint density at radius 1 is 1.19 bits per heavy atom. The first-order valence-electron chi connectivity index (χ1n) is 5.12. The number of nitrogens with two attached hydrogens (primary N) is 1. The van der Waals surface area contributed by atoms with Crippen molar-refractivity contribution in [2.75, 3.05) is 5.73 Å². The van der Waals surface area contributed by atoms with E-state index in [1.165, 1.54) is 4.57 Å². The molecular weight excluding hydrogens is 200 g/mol. The van der Waals surface area contributed by atoms with Gasteiger partial charge in [-0.3, -0.25) is 9.36 Å². The highest BCUT2D eigenvalue weighted by Gasteiger charge is 2.04. The van der Waals surface area contributed by atoms with Gasteiger partial charge in [-0.1, -0.05) is 24.3 Å². The number of anilines is 1. The molecule has 16 heavy (non-hydrogen) atoms. The van der Waals surface area contributed by atoms with E-state index in [-0.39, 0.29) is 5.56 Å². The fraction of sp³-hybridized carbons (Fsp3) is 0.154. The van der Waals surface area contributed by atoms with E-state index in [2.05, 4.69) is 0 Å². The average molecular weight is 214 g/mol. The molecule has 0 spiro atoms. The van der Waals surface area contributed by atoms with E-state index < -0.39 is 0 Å². The molecule has 0 aliphatic heterocycles. The van der Waals surface area contributed by atoms with Gasteiger partial charge in [0.25, 0.3) is 5.56 Å². The smallest absolute Gasteiger partial charge is 0.252 e. The lowest BCUT2D eigenvalue weighted by molar-refractivity contribution is 0.876. The Hall–Kier alpha value is -2.03. The average Bonchev–Trinajstić information content (AvgIpc) is 2.26. The number of aryl methyl sites for hydroxylation is 1. The largest absolute Gasteiger partial charge is 0.385 e. The SMILES string of the molecule is Cc1ccccc1-c1cc(N)n(C)c(=O)c1. The van der Waals surface area contributed by atoms with Crippen LogP contribution in [-0.4, -0.2) is 4.57 Å². The van der Waals surface area contributed by atoms with Crippen LogP contribution in [0, 0.1) is 6.92 Å². The van der Waals surface area contributed by atoms with Crippen LogP contribution in [0.1, 0.15) is 5.56 Å². The molecular formula is C13H14N2O. The van der Waals surface area contributed by atoms with Crippen molar-refractivity contribution in [3.63, 3.8) is 0 Å². The predicted molar refractivity (Wildman–Crippen MR) is 66.3 cm³/mol. The zero-order valence-corrected chi connectivity index (χ0v) is 9.40. The van der Waals surface area contributed by atoms with Crippen molar-refractivity contribution in [2.24, 2.45) is 7.05 Å². The quantitative estimate of drug-likeness (QED) is 0.788. The van der Waals surface area contributed by atoms with E-state index >= 15 is 0 Å². The van der Waals surface area contributed by atoms with Gasteiger partial charge < -0.3 is 5.73 Å². The molecule has 1 heterocycles. The summed E-state index contributed by atoms with van der Waals surface area (Å²) in [6, 6.07) is 11.4. The minimum atomic E-state index is -0.0850. The van der Waals surface area contributed by atoms with E-state index in [4.69, 9.17) is 5.73 Å². The maximum Gasteiger partial charge on any atom is 0.252 e. The second-order valence-electron chi connectivity index (χ2n) is 3.88. The topological polar surface area (TPSA) is 48.0 Å². The van der Waals surface area contributed by atoms with E-state index in [1.54, 1.807) is 13.1 Å². The molecule has 2 N–H and O–H groups in total. The summed E-state index contributed by atoms with van der Waals surface area (Å²) in [6.45, 7) is 2.02. The predicted octanol–water partition coefficient (Wildman–Crippen LogP) is 1.94. The zero-order valence-electron chi connectivity index (χ0n) is 9.40. The molecule has 0 saturated carbocycles. The number of nitrogens with zero attached hydrogens (tertiary/aromatic N) is 1. The molecule has 3 nitrogen and oxygen atoms in total. The molecule has 0 bridgehead atoms. The summed E-state index contributed by atoms with van der Waals surface area (Å²) in [6.07, 6.45) is 0. The highest BCUT2D eigenvalue weighted by molar-refractivity contribution is 5.68. The number of hydrogen-bond acceptors (Lipinski definition) is 2. The molecule has 0 fully saturated rings. The summed E-state index contributed by atoms with van der Waals surface area (Å²) >= 11 is 0. The van der Waals surface area contributed by atoms with Crippen molar-refractivity contribution < 1.29 is 0 Å². The first-order chi connectivity index (χ1) is 7.59. The highest BCUT2D eigenvalue weighted by atomic mass is 16.1. The second-order valence-corrected chi connectivity index (χ2v) is 3.88. The lowest BCUT2D eigenvalue weighted by Gasteiger charge is -2.08. The van der Waals surface area contributed by atoms with Gasteiger partial charge in [-0.2, -0.15) is 0 Å². The summed E-state index contributed by atoms with van der Waals surface area (Å²) in [7, 11) is 1.67. The lowest BCUT2D eigenvalue weighted by atomic mass is 10.0. The third kappa shape index (κ3) is 1.72. The highest BCUT2D eigenvalue weighted by Crippen LogP contribution is 2.22. The van der Waals surface area contributed by atoms with Gasteiger partial charge in [0.2, 0.25) is 0 Å². The molecule has 0 atom stereocenters. The molecule has 2 aromatic rings. The van der Waals surface area contributed by atoms with Crippen LogP contribution >= 0.6 is 0 Å². The van der Waals surface area contributed by atoms with Crippen molar-refractivity contribution in [2.45, 2.75) is 6.92 Å². The molecule has 3 heteroatoms. The normalized spacial score (nSPS) is 10.4. The van der Waals surface area contributed by atoms with E-state index in [1.807, 2.05) is 37.3 Å². The van der Waals surface area contributed by atoms with Crippen LogP contribution in [0.5, 0.6) is 0 Å². The van der Waals surface area contributed by atoms with E-state index in [0.717, 1.165) is 16.7 Å². The van der Waals surface area contributed by atoms with Crippen molar-refractivity contribution in [1.82, 2.24) is 4.57 Å². The van der Waals surface area contributed by atoms with Gasteiger partial charge >= 0.3 is 0 Å². The maximum atomic E-state index is 11.6. The van der Waals surface area contributed by atoms with Gasteiger partial charge in [0.15, 0.2) is 0 Å². The molecule has 0 radical (unpaired) electrons. The van der Waals surface area contributed by atoms with Crippen molar-refractivity contribution >= 4 is 5.82 Å². The summed E-state index contributed by atoms with van der Waals surface area (Å²) in [4.78, 5) is 11.6. The van der Waals surface area contributed by atoms with E-state index in [9.17, 15) is 4.79 Å². The molecule has 0 amide bonds. The monoisotopic (exact) mass is 214 g/mol. The number of aromatic nitrogens is 1. The standard InChI is InChI=1S/C13H14N2O/c1-9-5-3-4-6-11(9)10-7-12(14)15(2)13(16)8-10/h3-8H,14H2,1-2H3. The first kappa shape index (κ1) is 10.5. The van der Waals surface area contributed by atoms with Crippen molar-refractivity contribution in [1.29, 1.82) is 0 Å². The van der Waals surface area contributed by atoms with Gasteiger partial charge in [-0.05, 0) is 29.7 Å². The summed E-state index contributed by atoms with van der Waals surface area (Å²) in [5.41, 5.74) is 8.74. The maximum absolute atomic E-state index is 11.6. The van der Waals surface area contributed by atoms with Crippen LogP contribution in [0.3, 0.4) is 0 Å². The number of rotatable bonds is 1. The molecule has 1 aromatic heterocycles. The zero-order chi connectivity index (χ0) is 11.7. The Labute approximate surface area is 94.1 Å². The number of hydrogen-bond donors (Lipinski definition) is 1. The van der Waals surface area contributed by atoms with Crippen LogP contribution in [0.15, 0.2) is 41.2 Å². The van der Waals surface area contributed by atoms with Gasteiger partial charge in [0, 0.05) is 13.1 Å². The molecule has 0 aliphatic carbocycles. The van der Waals surface area contributed by atoms with Crippen molar-refractivity contribution in [3.8, 4) is 11.1 Å². The van der Waals surface area contributed by atoms with Crippen LogP contribution in [-0.2, 0) is 7.05 Å². The Balaban J connectivity index is 2.67. The Morgan fingerprint density at radius 3 is 2.50 bits per heavy atom. The molecule has 2 rings (SSSR count). The third-order valence-corrected chi connectivity index (χ3v) is 2.76. The molecule has 0 aliphatic rings. The van der Waals surface area contributed by atoms with Gasteiger partial charge in [-0.25, -0.2) is 0 Å². The number of benzene rings is 1. The minimum Gasteiger partial charge on any atom is -0.385 e. The summed E-state index contributed by atoms with van der Waals surface area (Å²) < 4.78 is 1.43. The minimum absolute atomic E-state index is 0.0850.